The Morgan fingerprint density at radius 3 is 2.33 bits per heavy atom. The summed E-state index contributed by atoms with van der Waals surface area (Å²) in [7, 11) is 0. The molecule has 21 heavy (non-hydrogen) atoms. The van der Waals surface area contributed by atoms with Gasteiger partial charge in [0.15, 0.2) is 0 Å². The third-order valence-electron chi connectivity index (χ3n) is 4.79. The molecule has 2 fully saturated rings. The van der Waals surface area contributed by atoms with E-state index in [9.17, 15) is 9.59 Å². The van der Waals surface area contributed by atoms with Crippen molar-refractivity contribution in [1.29, 1.82) is 5.26 Å². The van der Waals surface area contributed by atoms with Crippen LogP contribution in [-0.2, 0) is 9.59 Å². The van der Waals surface area contributed by atoms with Gasteiger partial charge in [0.1, 0.15) is 0 Å². The summed E-state index contributed by atoms with van der Waals surface area (Å²) < 4.78 is 0. The maximum Gasteiger partial charge on any atom is 0.238 e. The fourth-order valence-electron chi connectivity index (χ4n) is 3.89. The zero-order chi connectivity index (χ0) is 14.7. The lowest BCUT2D eigenvalue weighted by Crippen LogP contribution is -2.33. The van der Waals surface area contributed by atoms with E-state index < -0.39 is 0 Å². The summed E-state index contributed by atoms with van der Waals surface area (Å²) in [5.41, 5.74) is 0.715. The van der Waals surface area contributed by atoms with Crippen LogP contribution >= 0.6 is 11.6 Å². The van der Waals surface area contributed by atoms with Crippen molar-refractivity contribution < 1.29 is 9.59 Å². The van der Waals surface area contributed by atoms with Crippen molar-refractivity contribution >= 4 is 29.1 Å². The van der Waals surface area contributed by atoms with Crippen LogP contribution in [0.5, 0.6) is 0 Å². The van der Waals surface area contributed by atoms with Gasteiger partial charge in [-0.3, -0.25) is 9.59 Å². The fraction of sp³-hybridized carbons (Fsp3) is 0.312. The van der Waals surface area contributed by atoms with Gasteiger partial charge >= 0.3 is 0 Å². The number of carbonyl (C=O) groups excluding carboxylic acids is 2. The first-order valence-corrected chi connectivity index (χ1v) is 7.25. The van der Waals surface area contributed by atoms with Crippen molar-refractivity contribution in [3.63, 3.8) is 0 Å². The molecule has 2 aliphatic carbocycles. The van der Waals surface area contributed by atoms with Gasteiger partial charge in [-0.05, 0) is 36.5 Å². The zero-order valence-corrected chi connectivity index (χ0v) is 11.7. The molecule has 4 nitrogen and oxygen atoms in total. The van der Waals surface area contributed by atoms with Gasteiger partial charge in [0.05, 0.1) is 34.2 Å². The summed E-state index contributed by atoms with van der Waals surface area (Å²) in [5, 5.41) is 9.31. The monoisotopic (exact) mass is 298 g/mol. The Morgan fingerprint density at radius 2 is 1.76 bits per heavy atom. The molecule has 1 heterocycles. The smallest absolute Gasteiger partial charge is 0.238 e. The number of halogens is 1. The Labute approximate surface area is 126 Å². The highest BCUT2D eigenvalue weighted by Crippen LogP contribution is 2.53. The summed E-state index contributed by atoms with van der Waals surface area (Å²) >= 11 is 6.14. The Kier molecular flexibility index (Phi) is 2.51. The molecule has 1 aliphatic heterocycles. The number of rotatable bonds is 1. The first-order chi connectivity index (χ1) is 10.1. The van der Waals surface area contributed by atoms with E-state index in [4.69, 9.17) is 16.9 Å². The number of nitriles is 1. The predicted molar refractivity (Wildman–Crippen MR) is 76.4 cm³/mol. The fourth-order valence-corrected chi connectivity index (χ4v) is 4.10. The normalized spacial score (nSPS) is 32.7. The molecule has 1 aromatic rings. The van der Waals surface area contributed by atoms with Crippen LogP contribution in [0, 0.1) is 35.0 Å². The standard InChI is InChI=1S/C16H11ClN2O2/c17-11-4-1-8(7-18)5-12(11)19-15(20)13-9-2-3-10(6-9)14(13)16(19)21/h1-5,9-10,13-14H,6H2. The van der Waals surface area contributed by atoms with Crippen molar-refractivity contribution in [3.8, 4) is 6.07 Å². The highest BCUT2D eigenvalue weighted by Gasteiger charge is 2.59. The van der Waals surface area contributed by atoms with Crippen LogP contribution in [0.3, 0.4) is 0 Å². The van der Waals surface area contributed by atoms with E-state index in [1.807, 2.05) is 18.2 Å². The van der Waals surface area contributed by atoms with Crippen molar-refractivity contribution in [2.45, 2.75) is 6.42 Å². The lowest BCUT2D eigenvalue weighted by molar-refractivity contribution is -0.123. The number of fused-ring (bicyclic) bond motifs is 5. The first kappa shape index (κ1) is 12.6. The molecule has 0 radical (unpaired) electrons. The van der Waals surface area contributed by atoms with Crippen molar-refractivity contribution in [1.82, 2.24) is 0 Å². The number of anilines is 1. The molecule has 2 amide bonds. The summed E-state index contributed by atoms with van der Waals surface area (Å²) in [5.74, 6) is -0.542. The Balaban J connectivity index is 1.80. The van der Waals surface area contributed by atoms with Crippen LogP contribution in [0.25, 0.3) is 0 Å². The number of hydrogen-bond acceptors (Lipinski definition) is 3. The van der Waals surface area contributed by atoms with Crippen molar-refractivity contribution in [3.05, 3.63) is 40.9 Å². The minimum atomic E-state index is -0.255. The van der Waals surface area contributed by atoms with E-state index in [2.05, 4.69) is 0 Å². The molecule has 1 aromatic carbocycles. The molecule has 104 valence electrons. The number of nitrogens with zero attached hydrogens (tertiary/aromatic N) is 2. The van der Waals surface area contributed by atoms with Gasteiger partial charge in [-0.25, -0.2) is 4.90 Å². The molecule has 4 rings (SSSR count). The molecule has 2 bridgehead atoms. The molecule has 1 saturated carbocycles. The van der Waals surface area contributed by atoms with Gasteiger partial charge in [0.25, 0.3) is 0 Å². The number of imide groups is 1. The van der Waals surface area contributed by atoms with Crippen LogP contribution in [0.1, 0.15) is 12.0 Å². The first-order valence-electron chi connectivity index (χ1n) is 6.87. The third kappa shape index (κ3) is 1.55. The second-order valence-electron chi connectivity index (χ2n) is 5.79. The highest BCUT2D eigenvalue weighted by atomic mass is 35.5. The van der Waals surface area contributed by atoms with Crippen LogP contribution in [0.4, 0.5) is 5.69 Å². The predicted octanol–water partition coefficient (Wildman–Crippen LogP) is 2.52. The van der Waals surface area contributed by atoms with Crippen LogP contribution in [0.15, 0.2) is 30.4 Å². The van der Waals surface area contributed by atoms with E-state index in [0.29, 0.717) is 16.3 Å². The topological polar surface area (TPSA) is 61.2 Å². The van der Waals surface area contributed by atoms with Crippen molar-refractivity contribution in [2.24, 2.45) is 23.7 Å². The zero-order valence-electron chi connectivity index (χ0n) is 11.0. The van der Waals surface area contributed by atoms with E-state index >= 15 is 0 Å². The quantitative estimate of drug-likeness (QED) is 0.591. The molecule has 0 spiro atoms. The molecule has 3 aliphatic rings. The lowest BCUT2D eigenvalue weighted by atomic mass is 9.85. The minimum absolute atomic E-state index is 0.166. The number of allylic oxidation sites excluding steroid dienone is 2. The Hall–Kier alpha value is -2.12. The van der Waals surface area contributed by atoms with Crippen LogP contribution < -0.4 is 4.90 Å². The second kappa shape index (κ2) is 4.19. The summed E-state index contributed by atoms with van der Waals surface area (Å²) in [6, 6.07) is 6.64. The van der Waals surface area contributed by atoms with Gasteiger partial charge in [-0.2, -0.15) is 5.26 Å². The summed E-state index contributed by atoms with van der Waals surface area (Å²) in [4.78, 5) is 26.5. The van der Waals surface area contributed by atoms with Gasteiger partial charge in [0, 0.05) is 0 Å². The minimum Gasteiger partial charge on any atom is -0.274 e. The van der Waals surface area contributed by atoms with E-state index in [1.165, 1.54) is 11.0 Å². The van der Waals surface area contributed by atoms with Gasteiger partial charge in [-0.15, -0.1) is 0 Å². The Morgan fingerprint density at radius 1 is 1.14 bits per heavy atom. The molecule has 4 atom stereocenters. The maximum absolute atomic E-state index is 12.7. The summed E-state index contributed by atoms with van der Waals surface area (Å²) in [6.07, 6.45) is 4.99. The molecular formula is C16H11ClN2O2. The average molecular weight is 299 g/mol. The maximum atomic E-state index is 12.7. The van der Waals surface area contributed by atoms with Crippen molar-refractivity contribution in [2.75, 3.05) is 4.90 Å². The van der Waals surface area contributed by atoms with E-state index in [1.54, 1.807) is 12.1 Å². The SMILES string of the molecule is N#Cc1ccc(Cl)c(N2C(=O)C3C4C=CC(C4)C3C2=O)c1. The van der Waals surface area contributed by atoms with Gasteiger partial charge in [0.2, 0.25) is 11.8 Å². The number of hydrogen-bond donors (Lipinski definition) is 0. The van der Waals surface area contributed by atoms with E-state index in [-0.39, 0.29) is 35.5 Å². The van der Waals surface area contributed by atoms with Gasteiger partial charge in [-0.1, -0.05) is 23.8 Å². The number of amides is 2. The average Bonchev–Trinajstić information content (AvgIpc) is 3.15. The molecule has 5 heteroatoms. The molecule has 1 saturated heterocycles. The molecule has 0 aromatic heterocycles. The largest absolute Gasteiger partial charge is 0.274 e. The molecule has 0 N–H and O–H groups in total. The third-order valence-corrected chi connectivity index (χ3v) is 5.11. The second-order valence-corrected chi connectivity index (χ2v) is 6.20. The molecular weight excluding hydrogens is 288 g/mol. The lowest BCUT2D eigenvalue weighted by Gasteiger charge is -2.18. The van der Waals surface area contributed by atoms with Crippen LogP contribution in [-0.4, -0.2) is 11.8 Å². The van der Waals surface area contributed by atoms with Crippen LogP contribution in [0.2, 0.25) is 5.02 Å². The number of carbonyl (C=O) groups is 2. The summed E-state index contributed by atoms with van der Waals surface area (Å²) in [6.45, 7) is 0. The Bertz CT molecular complexity index is 719. The number of benzene rings is 1. The molecule has 4 unspecified atom stereocenters. The van der Waals surface area contributed by atoms with Gasteiger partial charge < -0.3 is 0 Å². The highest BCUT2D eigenvalue weighted by molar-refractivity contribution is 6.36. The van der Waals surface area contributed by atoms with E-state index in [0.717, 1.165) is 6.42 Å².